The molecule has 1 fully saturated rings. The average molecular weight is 415 g/mol. The van der Waals surface area contributed by atoms with Crippen LogP contribution >= 0.6 is 0 Å². The van der Waals surface area contributed by atoms with E-state index in [1.165, 1.54) is 11.8 Å². The van der Waals surface area contributed by atoms with Crippen LogP contribution in [0.5, 0.6) is 0 Å². The highest BCUT2D eigenvalue weighted by Gasteiger charge is 2.55. The van der Waals surface area contributed by atoms with Gasteiger partial charge in [-0.1, -0.05) is 18.2 Å². The number of amides is 2. The van der Waals surface area contributed by atoms with Crippen LogP contribution in [0.2, 0.25) is 0 Å². The molecule has 0 spiro atoms. The molecule has 9 heteroatoms. The van der Waals surface area contributed by atoms with Crippen molar-refractivity contribution in [3.63, 3.8) is 0 Å². The van der Waals surface area contributed by atoms with Crippen molar-refractivity contribution >= 4 is 23.8 Å². The van der Waals surface area contributed by atoms with Gasteiger partial charge >= 0.3 is 11.9 Å². The number of fused-ring (bicyclic) bond motifs is 1. The summed E-state index contributed by atoms with van der Waals surface area (Å²) in [5.41, 5.74) is -0.795. The number of nitrogens with zero attached hydrogens (tertiary/aromatic N) is 1. The lowest BCUT2D eigenvalue weighted by atomic mass is 9.72. The molecular weight excluding hydrogens is 390 g/mol. The molecule has 9 nitrogen and oxygen atoms in total. The lowest BCUT2D eigenvalue weighted by Crippen LogP contribution is -2.62. The van der Waals surface area contributed by atoms with E-state index in [2.05, 4.69) is 10.6 Å². The average Bonchev–Trinajstić information content (AvgIpc) is 3.20. The number of rotatable bonds is 6. The number of nitrogens with one attached hydrogen (secondary N) is 2. The Morgan fingerprint density at radius 2 is 1.93 bits per heavy atom. The molecule has 1 aromatic carbocycles. The van der Waals surface area contributed by atoms with Crippen molar-refractivity contribution in [2.24, 2.45) is 5.41 Å². The first kappa shape index (κ1) is 21.4. The van der Waals surface area contributed by atoms with E-state index in [0.29, 0.717) is 24.5 Å². The number of hydrogen-bond donors (Lipinski definition) is 2. The molecule has 2 amide bonds. The smallest absolute Gasteiger partial charge is 0.338 e. The zero-order valence-electron chi connectivity index (χ0n) is 17.2. The second-order valence-electron chi connectivity index (χ2n) is 7.33. The molecule has 2 atom stereocenters. The van der Waals surface area contributed by atoms with Crippen molar-refractivity contribution in [3.05, 3.63) is 47.3 Å². The highest BCUT2D eigenvalue weighted by molar-refractivity contribution is 6.02. The van der Waals surface area contributed by atoms with E-state index in [-0.39, 0.29) is 24.7 Å². The fourth-order valence-electron chi connectivity index (χ4n) is 3.75. The maximum Gasteiger partial charge on any atom is 0.338 e. The molecule has 1 saturated heterocycles. The Kier molecular flexibility index (Phi) is 6.09. The Labute approximate surface area is 174 Å². The van der Waals surface area contributed by atoms with E-state index in [1.807, 2.05) is 0 Å². The fourth-order valence-corrected chi connectivity index (χ4v) is 3.75. The SMILES string of the molecule is CCOC(=O)C1=C2NCCN2C(=O)[C@@H](NC(=O)c2ccccc2)[C@@]1(C)COC(C)=O. The predicted molar refractivity (Wildman–Crippen MR) is 106 cm³/mol. The summed E-state index contributed by atoms with van der Waals surface area (Å²) < 4.78 is 10.5. The fraction of sp³-hybridized carbons (Fsp3) is 0.429. The van der Waals surface area contributed by atoms with E-state index in [0.717, 1.165) is 0 Å². The molecule has 0 bridgehead atoms. The summed E-state index contributed by atoms with van der Waals surface area (Å²) in [7, 11) is 0. The Balaban J connectivity index is 2.06. The van der Waals surface area contributed by atoms with Gasteiger partial charge in [0.25, 0.3) is 11.8 Å². The maximum atomic E-state index is 13.3. The Hall–Kier alpha value is -3.36. The molecule has 0 aliphatic carbocycles. The third-order valence-electron chi connectivity index (χ3n) is 5.22. The first-order valence-electron chi connectivity index (χ1n) is 9.76. The molecule has 2 aliphatic heterocycles. The molecule has 2 aliphatic rings. The number of hydrogen-bond acceptors (Lipinski definition) is 7. The summed E-state index contributed by atoms with van der Waals surface area (Å²) >= 11 is 0. The van der Waals surface area contributed by atoms with Gasteiger partial charge in [0.1, 0.15) is 18.5 Å². The van der Waals surface area contributed by atoms with E-state index in [9.17, 15) is 19.2 Å². The summed E-state index contributed by atoms with van der Waals surface area (Å²) in [6.45, 7) is 5.18. The third kappa shape index (κ3) is 3.87. The van der Waals surface area contributed by atoms with Gasteiger partial charge in [-0.15, -0.1) is 0 Å². The molecule has 30 heavy (non-hydrogen) atoms. The standard InChI is InChI=1S/C21H25N3O6/c1-4-29-20(28)15-17-22-10-11-24(17)19(27)16(21(15,3)12-30-13(2)25)23-18(26)14-8-6-5-7-9-14/h5-9,16,22H,4,10-12H2,1-3H3,(H,23,26)/t16-,21+/m1/s1. The molecule has 160 valence electrons. The van der Waals surface area contributed by atoms with Crippen LogP contribution in [0.25, 0.3) is 0 Å². The molecule has 0 radical (unpaired) electrons. The minimum Gasteiger partial charge on any atom is -0.465 e. The van der Waals surface area contributed by atoms with Crippen LogP contribution < -0.4 is 10.6 Å². The third-order valence-corrected chi connectivity index (χ3v) is 5.22. The van der Waals surface area contributed by atoms with E-state index >= 15 is 0 Å². The molecule has 0 aromatic heterocycles. The molecule has 1 aromatic rings. The number of carbonyl (C=O) groups excluding carboxylic acids is 4. The van der Waals surface area contributed by atoms with Gasteiger partial charge in [-0.25, -0.2) is 4.79 Å². The summed E-state index contributed by atoms with van der Waals surface area (Å²) in [6, 6.07) is 7.31. The quantitative estimate of drug-likeness (QED) is 0.653. The van der Waals surface area contributed by atoms with Crippen LogP contribution in [-0.2, 0) is 23.9 Å². The van der Waals surface area contributed by atoms with Crippen LogP contribution in [0.4, 0.5) is 0 Å². The molecule has 0 saturated carbocycles. The molecule has 2 N–H and O–H groups in total. The first-order chi connectivity index (χ1) is 14.3. The van der Waals surface area contributed by atoms with Gasteiger partial charge in [0, 0.05) is 25.6 Å². The second-order valence-corrected chi connectivity index (χ2v) is 7.33. The van der Waals surface area contributed by atoms with Gasteiger partial charge in [-0.3, -0.25) is 19.3 Å². The Bertz CT molecular complexity index is 897. The minimum atomic E-state index is -1.33. The normalized spacial score (nSPS) is 22.8. The van der Waals surface area contributed by atoms with Crippen LogP contribution in [0, 0.1) is 5.41 Å². The van der Waals surface area contributed by atoms with E-state index in [1.54, 1.807) is 44.2 Å². The number of carbonyl (C=O) groups is 4. The van der Waals surface area contributed by atoms with Gasteiger partial charge in [0.05, 0.1) is 17.6 Å². The lowest BCUT2D eigenvalue weighted by Gasteiger charge is -2.43. The Morgan fingerprint density at radius 3 is 2.57 bits per heavy atom. The van der Waals surface area contributed by atoms with Crippen molar-refractivity contribution in [2.75, 3.05) is 26.3 Å². The lowest BCUT2D eigenvalue weighted by molar-refractivity contribution is -0.151. The van der Waals surface area contributed by atoms with Crippen LogP contribution in [0.1, 0.15) is 31.1 Å². The first-order valence-corrected chi connectivity index (χ1v) is 9.76. The number of ether oxygens (including phenoxy) is 2. The zero-order valence-corrected chi connectivity index (χ0v) is 17.2. The highest BCUT2D eigenvalue weighted by Crippen LogP contribution is 2.41. The van der Waals surface area contributed by atoms with Crippen molar-refractivity contribution in [2.45, 2.75) is 26.8 Å². The van der Waals surface area contributed by atoms with Crippen molar-refractivity contribution in [3.8, 4) is 0 Å². The Morgan fingerprint density at radius 1 is 1.23 bits per heavy atom. The molecule has 2 heterocycles. The van der Waals surface area contributed by atoms with Gasteiger partial charge in [0.15, 0.2) is 0 Å². The molecule has 3 rings (SSSR count). The van der Waals surface area contributed by atoms with Crippen LogP contribution in [0.3, 0.4) is 0 Å². The van der Waals surface area contributed by atoms with E-state index in [4.69, 9.17) is 9.47 Å². The van der Waals surface area contributed by atoms with Gasteiger partial charge < -0.3 is 20.1 Å². The summed E-state index contributed by atoms with van der Waals surface area (Å²) in [5.74, 6) is -1.72. The predicted octanol–water partition coefficient (Wildman–Crippen LogP) is 0.575. The highest BCUT2D eigenvalue weighted by atomic mass is 16.5. The number of esters is 2. The van der Waals surface area contributed by atoms with Crippen LogP contribution in [0.15, 0.2) is 41.7 Å². The largest absolute Gasteiger partial charge is 0.465 e. The number of benzene rings is 1. The summed E-state index contributed by atoms with van der Waals surface area (Å²) in [4.78, 5) is 52.0. The van der Waals surface area contributed by atoms with Crippen molar-refractivity contribution in [1.29, 1.82) is 0 Å². The van der Waals surface area contributed by atoms with Gasteiger partial charge in [0.2, 0.25) is 0 Å². The zero-order chi connectivity index (χ0) is 21.9. The van der Waals surface area contributed by atoms with E-state index < -0.39 is 29.3 Å². The van der Waals surface area contributed by atoms with Gasteiger partial charge in [-0.2, -0.15) is 0 Å². The van der Waals surface area contributed by atoms with Gasteiger partial charge in [-0.05, 0) is 26.0 Å². The summed E-state index contributed by atoms with van der Waals surface area (Å²) in [5, 5.41) is 5.81. The molecular formula is C21H25N3O6. The topological polar surface area (TPSA) is 114 Å². The minimum absolute atomic E-state index is 0.133. The van der Waals surface area contributed by atoms with Crippen molar-refractivity contribution in [1.82, 2.24) is 15.5 Å². The second kappa shape index (κ2) is 8.56. The van der Waals surface area contributed by atoms with Crippen LogP contribution in [-0.4, -0.2) is 61.0 Å². The monoisotopic (exact) mass is 415 g/mol. The van der Waals surface area contributed by atoms with Crippen molar-refractivity contribution < 1.29 is 28.7 Å². The molecule has 0 unspecified atom stereocenters. The maximum absolute atomic E-state index is 13.3. The summed E-state index contributed by atoms with van der Waals surface area (Å²) in [6.07, 6.45) is 0.